The molecule has 0 aliphatic carbocycles. The maximum Gasteiger partial charge on any atom is 0.118 e. The average Bonchev–Trinajstić information content (AvgIpc) is 2.75. The second-order valence-corrected chi connectivity index (χ2v) is 4.73. The smallest absolute Gasteiger partial charge is 0.118 e. The number of aliphatic hydroxyl groups is 1. The van der Waals surface area contributed by atoms with Crippen LogP contribution in [0, 0.1) is 6.92 Å². The van der Waals surface area contributed by atoms with E-state index in [0.717, 1.165) is 31.0 Å². The average molecular weight is 267 g/mol. The Morgan fingerprint density at radius 2 is 2.32 bits per heavy atom. The first-order valence-electron chi connectivity index (χ1n) is 6.80. The summed E-state index contributed by atoms with van der Waals surface area (Å²) in [6.45, 7) is 10.7. The van der Waals surface area contributed by atoms with E-state index in [-0.39, 0.29) is 0 Å². The van der Waals surface area contributed by atoms with Crippen LogP contribution < -0.4 is 0 Å². The Labute approximate surface area is 115 Å². The van der Waals surface area contributed by atoms with Crippen molar-refractivity contribution in [2.24, 2.45) is 0 Å². The molecule has 1 aromatic rings. The first kappa shape index (κ1) is 16.0. The highest BCUT2D eigenvalue weighted by atomic mass is 16.5. The van der Waals surface area contributed by atoms with Crippen molar-refractivity contribution in [3.8, 4) is 0 Å². The first-order valence-corrected chi connectivity index (χ1v) is 6.80. The molecule has 0 spiro atoms. The molecule has 0 amide bonds. The fraction of sp³-hybridized carbons (Fsp3) is 0.600. The predicted octanol–water partition coefficient (Wildman–Crippen LogP) is 2.36. The van der Waals surface area contributed by atoms with Crippen LogP contribution in [0.4, 0.5) is 0 Å². The van der Waals surface area contributed by atoms with Gasteiger partial charge in [0.25, 0.3) is 0 Å². The molecule has 0 bridgehead atoms. The van der Waals surface area contributed by atoms with E-state index in [1.165, 1.54) is 0 Å². The number of nitrogens with zero attached hydrogens (tertiary/aromatic N) is 1. The van der Waals surface area contributed by atoms with Gasteiger partial charge in [0.1, 0.15) is 11.5 Å². The van der Waals surface area contributed by atoms with Crippen molar-refractivity contribution < 1.29 is 14.3 Å². The first-order chi connectivity index (χ1) is 9.15. The number of hydrogen-bond donors (Lipinski definition) is 1. The molecule has 0 aliphatic heterocycles. The summed E-state index contributed by atoms with van der Waals surface area (Å²) in [5.74, 6) is 1.85. The maximum absolute atomic E-state index is 9.92. The number of rotatable bonds is 10. The van der Waals surface area contributed by atoms with Crippen LogP contribution in [0.25, 0.3) is 0 Å². The van der Waals surface area contributed by atoms with Crippen LogP contribution in [0.1, 0.15) is 24.9 Å². The Kier molecular flexibility index (Phi) is 7.48. The zero-order valence-electron chi connectivity index (χ0n) is 12.0. The van der Waals surface area contributed by atoms with Gasteiger partial charge < -0.3 is 14.3 Å². The topological polar surface area (TPSA) is 45.8 Å². The normalized spacial score (nSPS) is 12.8. The zero-order chi connectivity index (χ0) is 14.1. The quantitative estimate of drug-likeness (QED) is 0.522. The monoisotopic (exact) mass is 267 g/mol. The summed E-state index contributed by atoms with van der Waals surface area (Å²) in [5, 5.41) is 9.92. The second-order valence-electron chi connectivity index (χ2n) is 4.73. The standard InChI is InChI=1S/C15H25NO3/c1-4-8-16(10-14(17)12-18-9-5-2)11-15-7-6-13(3)19-15/h5-7,14,17H,2,4,8-12H2,1,3H3/t14-/m1/s1. The van der Waals surface area contributed by atoms with Gasteiger partial charge in [0.15, 0.2) is 0 Å². The van der Waals surface area contributed by atoms with Crippen molar-refractivity contribution in [2.45, 2.75) is 32.9 Å². The summed E-state index contributed by atoms with van der Waals surface area (Å²) in [6, 6.07) is 3.95. The summed E-state index contributed by atoms with van der Waals surface area (Å²) in [5.41, 5.74) is 0. The molecule has 0 unspecified atom stereocenters. The minimum absolute atomic E-state index is 0.337. The lowest BCUT2D eigenvalue weighted by Gasteiger charge is -2.23. The Bertz CT molecular complexity index is 362. The van der Waals surface area contributed by atoms with E-state index in [1.807, 2.05) is 19.1 Å². The van der Waals surface area contributed by atoms with Crippen molar-refractivity contribution in [3.05, 3.63) is 36.3 Å². The molecule has 4 nitrogen and oxygen atoms in total. The van der Waals surface area contributed by atoms with Crippen LogP contribution in [0.2, 0.25) is 0 Å². The van der Waals surface area contributed by atoms with Gasteiger partial charge in [0, 0.05) is 6.54 Å². The van der Waals surface area contributed by atoms with Crippen LogP contribution in [0.5, 0.6) is 0 Å². The fourth-order valence-electron chi connectivity index (χ4n) is 1.98. The van der Waals surface area contributed by atoms with Crippen molar-refractivity contribution in [3.63, 3.8) is 0 Å². The van der Waals surface area contributed by atoms with Gasteiger partial charge in [-0.15, -0.1) is 6.58 Å². The molecule has 1 atom stereocenters. The van der Waals surface area contributed by atoms with E-state index in [9.17, 15) is 5.11 Å². The van der Waals surface area contributed by atoms with Gasteiger partial charge >= 0.3 is 0 Å². The summed E-state index contributed by atoms with van der Waals surface area (Å²) in [6.07, 6.45) is 2.24. The van der Waals surface area contributed by atoms with Crippen LogP contribution >= 0.6 is 0 Å². The number of aryl methyl sites for hydroxylation is 1. The molecule has 4 heteroatoms. The summed E-state index contributed by atoms with van der Waals surface area (Å²) in [7, 11) is 0. The molecular formula is C15H25NO3. The maximum atomic E-state index is 9.92. The van der Waals surface area contributed by atoms with Crippen LogP contribution in [0.15, 0.2) is 29.2 Å². The molecular weight excluding hydrogens is 242 g/mol. The molecule has 1 rings (SSSR count). The third kappa shape index (κ3) is 6.57. The highest BCUT2D eigenvalue weighted by molar-refractivity contribution is 5.05. The van der Waals surface area contributed by atoms with Gasteiger partial charge in [0.05, 0.1) is 25.9 Å². The van der Waals surface area contributed by atoms with Gasteiger partial charge in [-0.2, -0.15) is 0 Å². The van der Waals surface area contributed by atoms with E-state index in [0.29, 0.717) is 19.8 Å². The van der Waals surface area contributed by atoms with Crippen LogP contribution in [-0.2, 0) is 11.3 Å². The Hall–Kier alpha value is -1.10. The molecule has 0 aromatic carbocycles. The Balaban J connectivity index is 2.40. The third-order valence-corrected chi connectivity index (χ3v) is 2.73. The molecule has 0 saturated carbocycles. The highest BCUT2D eigenvalue weighted by Crippen LogP contribution is 2.10. The van der Waals surface area contributed by atoms with Crippen LogP contribution in [-0.4, -0.2) is 42.4 Å². The van der Waals surface area contributed by atoms with E-state index in [2.05, 4.69) is 18.4 Å². The Morgan fingerprint density at radius 1 is 1.53 bits per heavy atom. The lowest BCUT2D eigenvalue weighted by molar-refractivity contribution is 0.0234. The third-order valence-electron chi connectivity index (χ3n) is 2.73. The molecule has 0 fully saturated rings. The summed E-state index contributed by atoms with van der Waals surface area (Å²) >= 11 is 0. The minimum Gasteiger partial charge on any atom is -0.465 e. The highest BCUT2D eigenvalue weighted by Gasteiger charge is 2.13. The molecule has 19 heavy (non-hydrogen) atoms. The van der Waals surface area contributed by atoms with E-state index >= 15 is 0 Å². The largest absolute Gasteiger partial charge is 0.465 e. The van der Waals surface area contributed by atoms with E-state index in [4.69, 9.17) is 9.15 Å². The predicted molar refractivity (Wildman–Crippen MR) is 76.0 cm³/mol. The number of ether oxygens (including phenoxy) is 1. The molecule has 1 N–H and O–H groups in total. The Morgan fingerprint density at radius 3 is 2.89 bits per heavy atom. The summed E-state index contributed by atoms with van der Waals surface area (Å²) in [4.78, 5) is 2.18. The SMILES string of the molecule is C=CCOC[C@H](O)CN(CCC)Cc1ccc(C)o1. The van der Waals surface area contributed by atoms with Gasteiger partial charge in [-0.25, -0.2) is 0 Å². The number of furan rings is 1. The molecule has 0 radical (unpaired) electrons. The van der Waals surface area contributed by atoms with E-state index < -0.39 is 6.10 Å². The zero-order valence-corrected chi connectivity index (χ0v) is 12.0. The number of hydrogen-bond acceptors (Lipinski definition) is 4. The van der Waals surface area contributed by atoms with Gasteiger partial charge in [-0.1, -0.05) is 13.0 Å². The van der Waals surface area contributed by atoms with Crippen molar-refractivity contribution in [2.75, 3.05) is 26.3 Å². The summed E-state index contributed by atoms with van der Waals surface area (Å²) < 4.78 is 10.8. The van der Waals surface area contributed by atoms with Gasteiger partial charge in [0.2, 0.25) is 0 Å². The molecule has 108 valence electrons. The van der Waals surface area contributed by atoms with Crippen LogP contribution in [0.3, 0.4) is 0 Å². The lowest BCUT2D eigenvalue weighted by Crippen LogP contribution is -2.35. The van der Waals surface area contributed by atoms with Crippen molar-refractivity contribution in [1.82, 2.24) is 4.90 Å². The van der Waals surface area contributed by atoms with Crippen molar-refractivity contribution in [1.29, 1.82) is 0 Å². The second kappa shape index (κ2) is 8.91. The van der Waals surface area contributed by atoms with Crippen molar-refractivity contribution >= 4 is 0 Å². The lowest BCUT2D eigenvalue weighted by atomic mass is 10.3. The molecule has 0 aliphatic rings. The van der Waals surface area contributed by atoms with Gasteiger partial charge in [-0.3, -0.25) is 4.90 Å². The fourth-order valence-corrected chi connectivity index (χ4v) is 1.98. The number of aliphatic hydroxyl groups excluding tert-OH is 1. The van der Waals surface area contributed by atoms with E-state index in [1.54, 1.807) is 6.08 Å². The minimum atomic E-state index is -0.484. The van der Waals surface area contributed by atoms with Gasteiger partial charge in [-0.05, 0) is 32.0 Å². The molecule has 0 saturated heterocycles. The molecule has 1 heterocycles. The molecule has 1 aromatic heterocycles.